The Hall–Kier alpha value is -1.39. The number of hydrogen-bond acceptors (Lipinski definition) is 3. The number of methoxy groups -OCH3 is 1. The zero-order chi connectivity index (χ0) is 12.8. The molecule has 94 valence electrons. The van der Waals surface area contributed by atoms with Gasteiger partial charge in [-0.25, -0.2) is 0 Å². The summed E-state index contributed by atoms with van der Waals surface area (Å²) in [5.41, 5.74) is 1.45. The maximum Gasteiger partial charge on any atom is 0.309 e. The maximum absolute atomic E-state index is 11.0. The van der Waals surface area contributed by atoms with Gasteiger partial charge in [-0.3, -0.25) is 4.79 Å². The van der Waals surface area contributed by atoms with Crippen LogP contribution in [0.25, 0.3) is 0 Å². The summed E-state index contributed by atoms with van der Waals surface area (Å²) in [7, 11) is 1.57. The number of carboxylic acids is 1. The minimum absolute atomic E-state index is 0.364. The predicted octanol–water partition coefficient (Wildman–Crippen LogP) is 1.98. The highest BCUT2D eigenvalue weighted by Crippen LogP contribution is 2.27. The number of carboxylic acid groups (broad SMARTS) is 1. The molecule has 0 aliphatic carbocycles. The second-order valence-electron chi connectivity index (χ2n) is 3.93. The average molecular weight is 238 g/mol. The number of hydrogen-bond donors (Lipinski definition) is 2. The Morgan fingerprint density at radius 1 is 1.41 bits per heavy atom. The Morgan fingerprint density at radius 2 is 2.06 bits per heavy atom. The summed E-state index contributed by atoms with van der Waals surface area (Å²) in [4.78, 5) is 11.0. The van der Waals surface area contributed by atoms with E-state index in [1.165, 1.54) is 0 Å². The summed E-state index contributed by atoms with van der Waals surface area (Å²) >= 11 is 0. The standard InChI is InChI=1S/C13H18O4/c1-3-10(13(15)16)12(14)11-7-5-4-6-9(11)8-17-2/h4-7,10,12,14H,3,8H2,1-2H3,(H,15,16). The van der Waals surface area contributed by atoms with Crippen molar-refractivity contribution in [3.63, 3.8) is 0 Å². The Morgan fingerprint density at radius 3 is 2.59 bits per heavy atom. The molecule has 1 aromatic rings. The molecule has 0 bridgehead atoms. The molecule has 2 N–H and O–H groups in total. The van der Waals surface area contributed by atoms with Crippen molar-refractivity contribution in [2.24, 2.45) is 5.92 Å². The van der Waals surface area contributed by atoms with Crippen LogP contribution >= 0.6 is 0 Å². The third-order valence-corrected chi connectivity index (χ3v) is 2.81. The first kappa shape index (κ1) is 13.7. The van der Waals surface area contributed by atoms with E-state index in [9.17, 15) is 9.90 Å². The minimum Gasteiger partial charge on any atom is -0.481 e. The lowest BCUT2D eigenvalue weighted by Crippen LogP contribution is -2.22. The van der Waals surface area contributed by atoms with Crippen LogP contribution in [0.5, 0.6) is 0 Å². The molecule has 1 aromatic carbocycles. The molecule has 0 saturated carbocycles. The molecule has 1 rings (SSSR count). The van der Waals surface area contributed by atoms with Gasteiger partial charge in [0, 0.05) is 7.11 Å². The largest absolute Gasteiger partial charge is 0.481 e. The van der Waals surface area contributed by atoms with Gasteiger partial charge in [-0.15, -0.1) is 0 Å². The van der Waals surface area contributed by atoms with Crippen molar-refractivity contribution in [3.8, 4) is 0 Å². The molecule has 4 heteroatoms. The van der Waals surface area contributed by atoms with Gasteiger partial charge in [-0.2, -0.15) is 0 Å². The van der Waals surface area contributed by atoms with Crippen LogP contribution in [0.15, 0.2) is 24.3 Å². The number of aliphatic carboxylic acids is 1. The van der Waals surface area contributed by atoms with E-state index in [4.69, 9.17) is 9.84 Å². The molecule has 17 heavy (non-hydrogen) atoms. The van der Waals surface area contributed by atoms with Crippen molar-refractivity contribution in [2.45, 2.75) is 26.1 Å². The number of benzene rings is 1. The molecule has 2 unspecified atom stereocenters. The van der Waals surface area contributed by atoms with Gasteiger partial charge in [0.1, 0.15) is 0 Å². The zero-order valence-corrected chi connectivity index (χ0v) is 10.1. The molecular weight excluding hydrogens is 220 g/mol. The lowest BCUT2D eigenvalue weighted by Gasteiger charge is -2.20. The van der Waals surface area contributed by atoms with Crippen LogP contribution in [-0.4, -0.2) is 23.3 Å². The third-order valence-electron chi connectivity index (χ3n) is 2.81. The van der Waals surface area contributed by atoms with Crippen LogP contribution in [0.3, 0.4) is 0 Å². The maximum atomic E-state index is 11.0. The molecule has 0 saturated heterocycles. The molecule has 0 fully saturated rings. The molecule has 0 aliphatic heterocycles. The highest BCUT2D eigenvalue weighted by molar-refractivity contribution is 5.71. The summed E-state index contributed by atoms with van der Waals surface area (Å²) in [6.45, 7) is 2.12. The van der Waals surface area contributed by atoms with Crippen LogP contribution in [0, 0.1) is 5.92 Å². The van der Waals surface area contributed by atoms with E-state index in [1.54, 1.807) is 26.2 Å². The van der Waals surface area contributed by atoms with Gasteiger partial charge >= 0.3 is 5.97 Å². The number of carbonyl (C=O) groups is 1. The minimum atomic E-state index is -0.996. The second-order valence-corrected chi connectivity index (χ2v) is 3.93. The first-order chi connectivity index (χ1) is 8.11. The molecule has 0 heterocycles. The molecule has 2 atom stereocenters. The van der Waals surface area contributed by atoms with Crippen LogP contribution in [-0.2, 0) is 16.1 Å². The van der Waals surface area contributed by atoms with E-state index in [2.05, 4.69) is 0 Å². The molecular formula is C13H18O4. The van der Waals surface area contributed by atoms with Crippen molar-refractivity contribution >= 4 is 5.97 Å². The summed E-state index contributed by atoms with van der Waals surface area (Å²) in [6, 6.07) is 7.19. The molecule has 0 spiro atoms. The summed E-state index contributed by atoms with van der Waals surface area (Å²) < 4.78 is 5.03. The number of rotatable bonds is 6. The topological polar surface area (TPSA) is 66.8 Å². The van der Waals surface area contributed by atoms with Crippen molar-refractivity contribution in [1.82, 2.24) is 0 Å². The predicted molar refractivity (Wildman–Crippen MR) is 63.5 cm³/mol. The summed E-state index contributed by atoms with van der Waals surface area (Å²) in [5.74, 6) is -1.76. The highest BCUT2D eigenvalue weighted by atomic mass is 16.5. The smallest absolute Gasteiger partial charge is 0.309 e. The summed E-state index contributed by atoms with van der Waals surface area (Å²) in [6.07, 6.45) is -0.610. The first-order valence-electron chi connectivity index (χ1n) is 5.59. The second kappa shape index (κ2) is 6.37. The third kappa shape index (κ3) is 3.28. The Labute approximate surface area is 101 Å². The van der Waals surface area contributed by atoms with Gasteiger partial charge in [0.05, 0.1) is 18.6 Å². The van der Waals surface area contributed by atoms with Crippen molar-refractivity contribution in [2.75, 3.05) is 7.11 Å². The van der Waals surface area contributed by atoms with Gasteiger partial charge in [0.2, 0.25) is 0 Å². The monoisotopic (exact) mass is 238 g/mol. The van der Waals surface area contributed by atoms with Gasteiger partial charge < -0.3 is 14.9 Å². The number of aliphatic hydroxyl groups is 1. The zero-order valence-electron chi connectivity index (χ0n) is 10.1. The van der Waals surface area contributed by atoms with E-state index in [0.717, 1.165) is 5.56 Å². The van der Waals surface area contributed by atoms with E-state index in [-0.39, 0.29) is 0 Å². The fourth-order valence-corrected chi connectivity index (χ4v) is 1.86. The van der Waals surface area contributed by atoms with E-state index in [1.807, 2.05) is 12.1 Å². The first-order valence-corrected chi connectivity index (χ1v) is 5.59. The van der Waals surface area contributed by atoms with Crippen LogP contribution in [0.4, 0.5) is 0 Å². The normalized spacial score (nSPS) is 14.3. The number of ether oxygens (including phenoxy) is 1. The fraction of sp³-hybridized carbons (Fsp3) is 0.462. The van der Waals surface area contributed by atoms with Crippen molar-refractivity contribution < 1.29 is 19.7 Å². The van der Waals surface area contributed by atoms with Crippen molar-refractivity contribution in [1.29, 1.82) is 0 Å². The van der Waals surface area contributed by atoms with Gasteiger partial charge in [-0.05, 0) is 17.5 Å². The van der Waals surface area contributed by atoms with E-state index < -0.39 is 18.0 Å². The fourth-order valence-electron chi connectivity index (χ4n) is 1.86. The SMILES string of the molecule is CCC(C(=O)O)C(O)c1ccccc1COC. The van der Waals surface area contributed by atoms with Gasteiger partial charge in [0.15, 0.2) is 0 Å². The van der Waals surface area contributed by atoms with Crippen LogP contribution in [0.1, 0.15) is 30.6 Å². The molecule has 4 nitrogen and oxygen atoms in total. The molecule has 0 aromatic heterocycles. The van der Waals surface area contributed by atoms with Crippen LogP contribution < -0.4 is 0 Å². The molecule has 0 radical (unpaired) electrons. The van der Waals surface area contributed by atoms with E-state index >= 15 is 0 Å². The number of aliphatic hydroxyl groups excluding tert-OH is 1. The van der Waals surface area contributed by atoms with Gasteiger partial charge in [-0.1, -0.05) is 31.2 Å². The average Bonchev–Trinajstić information content (AvgIpc) is 2.30. The molecule has 0 aliphatic rings. The Bertz CT molecular complexity index is 375. The highest BCUT2D eigenvalue weighted by Gasteiger charge is 2.27. The lowest BCUT2D eigenvalue weighted by atomic mass is 9.91. The Balaban J connectivity index is 3.01. The lowest BCUT2D eigenvalue weighted by molar-refractivity contribution is -0.146. The van der Waals surface area contributed by atoms with Gasteiger partial charge in [0.25, 0.3) is 0 Å². The quantitative estimate of drug-likeness (QED) is 0.795. The summed E-state index contributed by atoms with van der Waals surface area (Å²) in [5, 5.41) is 19.2. The van der Waals surface area contributed by atoms with Crippen LogP contribution in [0.2, 0.25) is 0 Å². The van der Waals surface area contributed by atoms with Crippen molar-refractivity contribution in [3.05, 3.63) is 35.4 Å². The van der Waals surface area contributed by atoms with E-state index in [0.29, 0.717) is 18.6 Å². The Kier molecular flexibility index (Phi) is 5.12. The molecule has 0 amide bonds.